The number of carbonyl (C=O) groups excluding carboxylic acids is 1. The van der Waals surface area contributed by atoms with Crippen LogP contribution in [0.15, 0.2) is 47.0 Å². The van der Waals surface area contributed by atoms with E-state index in [0.29, 0.717) is 16.8 Å². The lowest BCUT2D eigenvalue weighted by Crippen LogP contribution is -2.29. The van der Waals surface area contributed by atoms with Gasteiger partial charge in [-0.1, -0.05) is 52.7 Å². The van der Waals surface area contributed by atoms with Crippen molar-refractivity contribution in [1.82, 2.24) is 16.0 Å². The van der Waals surface area contributed by atoms with Gasteiger partial charge in [-0.25, -0.2) is 5.43 Å². The summed E-state index contributed by atoms with van der Waals surface area (Å²) >= 11 is 6.22. The molecule has 1 aliphatic heterocycles. The molecule has 29 heavy (non-hydrogen) atoms. The molecule has 6 nitrogen and oxygen atoms in total. The highest BCUT2D eigenvalue weighted by molar-refractivity contribution is 6.33. The molecule has 1 fully saturated rings. The highest BCUT2D eigenvalue weighted by Gasteiger charge is 2.26. The summed E-state index contributed by atoms with van der Waals surface area (Å²) in [4.78, 5) is 12.9. The van der Waals surface area contributed by atoms with Crippen LogP contribution < -0.4 is 16.2 Å². The molecule has 1 aliphatic rings. The molecule has 2 aromatic carbocycles. The molecule has 0 bridgehead atoms. The molecule has 2 heterocycles. The number of benzene rings is 2. The first kappa shape index (κ1) is 19.6. The smallest absolute Gasteiger partial charge is 0.294 e. The molecule has 0 spiro atoms. The molecule has 1 amide bonds. The minimum atomic E-state index is -0.344. The van der Waals surface area contributed by atoms with Crippen LogP contribution in [0.25, 0.3) is 11.3 Å². The van der Waals surface area contributed by atoms with E-state index in [1.54, 1.807) is 12.1 Å². The average Bonchev–Trinajstić information content (AvgIpc) is 3.33. The Morgan fingerprint density at radius 2 is 2.00 bits per heavy atom. The van der Waals surface area contributed by atoms with Gasteiger partial charge in [0.05, 0.1) is 5.02 Å². The fraction of sp³-hybridized carbons (Fsp3) is 0.273. The standard InChI is InChI=1S/C22H23ClN4O2/c1-12-8-13(2)21(16(9-12)18-10-14(3)25-26-18)24-22(28)20-11-19(27-29-20)15-6-4-5-7-17(15)23/h4-9,11,14,18,25-26H,10H2,1-3H3,(H,24,28). The molecular formula is C22H23ClN4O2. The second kappa shape index (κ2) is 7.99. The van der Waals surface area contributed by atoms with Gasteiger partial charge >= 0.3 is 0 Å². The monoisotopic (exact) mass is 410 g/mol. The van der Waals surface area contributed by atoms with E-state index < -0.39 is 0 Å². The first-order valence-corrected chi connectivity index (χ1v) is 9.95. The van der Waals surface area contributed by atoms with Crippen LogP contribution in [0, 0.1) is 13.8 Å². The summed E-state index contributed by atoms with van der Waals surface area (Å²) in [5.74, 6) is -0.209. The molecule has 0 radical (unpaired) electrons. The molecule has 3 aromatic rings. The van der Waals surface area contributed by atoms with Crippen LogP contribution in [0.4, 0.5) is 5.69 Å². The predicted molar refractivity (Wildman–Crippen MR) is 114 cm³/mol. The van der Waals surface area contributed by atoms with Gasteiger partial charge in [0, 0.05) is 29.4 Å². The Morgan fingerprint density at radius 3 is 2.72 bits per heavy atom. The van der Waals surface area contributed by atoms with E-state index in [0.717, 1.165) is 34.4 Å². The number of hydrazine groups is 1. The number of carbonyl (C=O) groups is 1. The molecule has 0 saturated carbocycles. The van der Waals surface area contributed by atoms with E-state index in [1.807, 2.05) is 25.1 Å². The number of anilines is 1. The first-order valence-electron chi connectivity index (χ1n) is 9.57. The zero-order valence-electron chi connectivity index (χ0n) is 16.5. The summed E-state index contributed by atoms with van der Waals surface area (Å²) in [6.07, 6.45) is 0.935. The van der Waals surface area contributed by atoms with Crippen molar-refractivity contribution in [2.45, 2.75) is 39.3 Å². The number of nitrogens with zero attached hydrogens (tertiary/aromatic N) is 1. The topological polar surface area (TPSA) is 79.2 Å². The van der Waals surface area contributed by atoms with Gasteiger partial charge in [-0.15, -0.1) is 0 Å². The summed E-state index contributed by atoms with van der Waals surface area (Å²) in [7, 11) is 0. The van der Waals surface area contributed by atoms with Crippen molar-refractivity contribution in [3.05, 3.63) is 69.9 Å². The number of hydrogen-bond donors (Lipinski definition) is 3. The number of aryl methyl sites for hydroxylation is 2. The Morgan fingerprint density at radius 1 is 1.21 bits per heavy atom. The molecule has 7 heteroatoms. The Labute approximate surface area is 174 Å². The van der Waals surface area contributed by atoms with Gasteiger partial charge in [-0.2, -0.15) is 0 Å². The second-order valence-corrected chi connectivity index (χ2v) is 7.94. The van der Waals surface area contributed by atoms with E-state index in [2.05, 4.69) is 47.3 Å². The molecule has 2 unspecified atom stereocenters. The van der Waals surface area contributed by atoms with E-state index in [-0.39, 0.29) is 17.7 Å². The van der Waals surface area contributed by atoms with Crippen LogP contribution in [0.2, 0.25) is 5.02 Å². The Bertz CT molecular complexity index is 1060. The lowest BCUT2D eigenvalue weighted by atomic mass is 9.96. The third-order valence-electron chi connectivity index (χ3n) is 5.10. The number of rotatable bonds is 4. The third-order valence-corrected chi connectivity index (χ3v) is 5.43. The van der Waals surface area contributed by atoms with Gasteiger partial charge in [0.2, 0.25) is 5.76 Å². The molecule has 150 valence electrons. The summed E-state index contributed by atoms with van der Waals surface area (Å²) in [5, 5.41) is 7.59. The number of aromatic nitrogens is 1. The normalized spacial score (nSPS) is 18.8. The molecule has 0 aliphatic carbocycles. The molecule has 1 saturated heterocycles. The minimum absolute atomic E-state index is 0.118. The van der Waals surface area contributed by atoms with E-state index in [9.17, 15) is 4.79 Å². The molecule has 4 rings (SSSR count). The maximum atomic E-state index is 12.9. The van der Waals surface area contributed by atoms with Crippen molar-refractivity contribution in [1.29, 1.82) is 0 Å². The highest BCUT2D eigenvalue weighted by atomic mass is 35.5. The van der Waals surface area contributed by atoms with Gasteiger partial charge < -0.3 is 9.84 Å². The molecular weight excluding hydrogens is 388 g/mol. The Hall–Kier alpha value is -2.67. The number of halogens is 1. The Kier molecular flexibility index (Phi) is 5.41. The average molecular weight is 411 g/mol. The fourth-order valence-corrected chi connectivity index (χ4v) is 3.95. The fourth-order valence-electron chi connectivity index (χ4n) is 3.72. The Balaban J connectivity index is 1.62. The van der Waals surface area contributed by atoms with Crippen molar-refractivity contribution in [2.75, 3.05) is 5.32 Å². The van der Waals surface area contributed by atoms with Gasteiger partial charge in [-0.3, -0.25) is 10.2 Å². The molecule has 3 N–H and O–H groups in total. The molecule has 2 atom stereocenters. The highest BCUT2D eigenvalue weighted by Crippen LogP contribution is 2.33. The zero-order valence-corrected chi connectivity index (χ0v) is 17.3. The van der Waals surface area contributed by atoms with Crippen LogP contribution in [0.3, 0.4) is 0 Å². The van der Waals surface area contributed by atoms with Gasteiger partial charge in [-0.05, 0) is 44.4 Å². The van der Waals surface area contributed by atoms with E-state index in [1.165, 1.54) is 0 Å². The van der Waals surface area contributed by atoms with E-state index >= 15 is 0 Å². The van der Waals surface area contributed by atoms with Crippen molar-refractivity contribution in [2.24, 2.45) is 0 Å². The number of amides is 1. The predicted octanol–water partition coefficient (Wildman–Crippen LogP) is 4.79. The van der Waals surface area contributed by atoms with Crippen LogP contribution in [-0.4, -0.2) is 17.1 Å². The summed E-state index contributed by atoms with van der Waals surface area (Å²) in [6.45, 7) is 6.17. The van der Waals surface area contributed by atoms with Gasteiger partial charge in [0.1, 0.15) is 5.69 Å². The van der Waals surface area contributed by atoms with Crippen molar-refractivity contribution >= 4 is 23.2 Å². The van der Waals surface area contributed by atoms with Crippen LogP contribution in [-0.2, 0) is 0 Å². The van der Waals surface area contributed by atoms with Crippen LogP contribution >= 0.6 is 11.6 Å². The third kappa shape index (κ3) is 4.05. The van der Waals surface area contributed by atoms with Crippen LogP contribution in [0.5, 0.6) is 0 Å². The number of hydrogen-bond acceptors (Lipinski definition) is 5. The maximum Gasteiger partial charge on any atom is 0.294 e. The SMILES string of the molecule is Cc1cc(C)c(NC(=O)c2cc(-c3ccccc3Cl)no2)c(C2CC(C)NN2)c1. The van der Waals surface area contributed by atoms with Crippen molar-refractivity contribution in [3.63, 3.8) is 0 Å². The molecule has 1 aromatic heterocycles. The first-order chi connectivity index (χ1) is 13.9. The lowest BCUT2D eigenvalue weighted by Gasteiger charge is -2.19. The minimum Gasteiger partial charge on any atom is -0.350 e. The quantitative estimate of drug-likeness (QED) is 0.576. The largest absolute Gasteiger partial charge is 0.350 e. The zero-order chi connectivity index (χ0) is 20.5. The summed E-state index contributed by atoms with van der Waals surface area (Å²) in [5.41, 5.74) is 11.8. The number of nitrogens with one attached hydrogen (secondary N) is 3. The van der Waals surface area contributed by atoms with E-state index in [4.69, 9.17) is 16.1 Å². The van der Waals surface area contributed by atoms with Crippen molar-refractivity contribution < 1.29 is 9.32 Å². The van der Waals surface area contributed by atoms with Gasteiger partial charge in [0.15, 0.2) is 0 Å². The second-order valence-electron chi connectivity index (χ2n) is 7.53. The summed E-state index contributed by atoms with van der Waals surface area (Å²) in [6, 6.07) is 13.6. The lowest BCUT2D eigenvalue weighted by molar-refractivity contribution is 0.0987. The summed E-state index contributed by atoms with van der Waals surface area (Å²) < 4.78 is 5.31. The van der Waals surface area contributed by atoms with Gasteiger partial charge in [0.25, 0.3) is 5.91 Å². The van der Waals surface area contributed by atoms with Crippen molar-refractivity contribution in [3.8, 4) is 11.3 Å². The van der Waals surface area contributed by atoms with Crippen LogP contribution in [0.1, 0.15) is 46.6 Å². The maximum absolute atomic E-state index is 12.9.